The summed E-state index contributed by atoms with van der Waals surface area (Å²) in [6.45, 7) is 1.76. The van der Waals surface area contributed by atoms with E-state index in [9.17, 15) is 4.39 Å². The molecule has 0 saturated heterocycles. The summed E-state index contributed by atoms with van der Waals surface area (Å²) in [6, 6.07) is 14.7. The summed E-state index contributed by atoms with van der Waals surface area (Å²) in [5.41, 5.74) is 9.31. The monoisotopic (exact) mass is 308 g/mol. The molecule has 0 radical (unpaired) electrons. The number of nitriles is 1. The molecular weight excluding hydrogens is 287 g/mol. The Morgan fingerprint density at radius 1 is 1.17 bits per heavy atom. The summed E-state index contributed by atoms with van der Waals surface area (Å²) in [5.74, 6) is 0.566. The summed E-state index contributed by atoms with van der Waals surface area (Å²) < 4.78 is 13.6. The van der Waals surface area contributed by atoms with Gasteiger partial charge in [0.2, 0.25) is 0 Å². The van der Waals surface area contributed by atoms with Gasteiger partial charge >= 0.3 is 0 Å². The average Bonchev–Trinajstić information content (AvgIpc) is 3.39. The second-order valence-corrected chi connectivity index (χ2v) is 6.61. The molecule has 1 unspecified atom stereocenters. The van der Waals surface area contributed by atoms with E-state index in [1.807, 2.05) is 18.2 Å². The zero-order valence-electron chi connectivity index (χ0n) is 13.3. The third-order valence-electron chi connectivity index (χ3n) is 4.85. The molecule has 0 amide bonds. The fourth-order valence-corrected chi connectivity index (χ4v) is 3.06. The largest absolute Gasteiger partial charge is 0.318 e. The first-order valence-corrected chi connectivity index (χ1v) is 8.09. The van der Waals surface area contributed by atoms with Crippen molar-refractivity contribution in [3.8, 4) is 6.07 Å². The topological polar surface area (TPSA) is 49.8 Å². The third-order valence-corrected chi connectivity index (χ3v) is 4.85. The molecular formula is C20H21FN2. The molecule has 1 aliphatic rings. The molecule has 3 heteroatoms. The third kappa shape index (κ3) is 3.28. The van der Waals surface area contributed by atoms with Crippen LogP contribution in [0.4, 0.5) is 4.39 Å². The summed E-state index contributed by atoms with van der Waals surface area (Å²) >= 11 is 0. The Labute approximate surface area is 136 Å². The van der Waals surface area contributed by atoms with Crippen LogP contribution in [0.25, 0.3) is 0 Å². The number of aryl methyl sites for hydroxylation is 1. The molecule has 2 aromatic carbocycles. The van der Waals surface area contributed by atoms with Crippen molar-refractivity contribution in [3.63, 3.8) is 0 Å². The number of hydrogen-bond donors (Lipinski definition) is 1. The van der Waals surface area contributed by atoms with Gasteiger partial charge in [-0.25, -0.2) is 4.39 Å². The number of benzene rings is 2. The highest BCUT2D eigenvalue weighted by molar-refractivity contribution is 5.42. The van der Waals surface area contributed by atoms with Gasteiger partial charge in [-0.05, 0) is 60.6 Å². The second kappa shape index (κ2) is 6.14. The number of rotatable bonds is 5. The van der Waals surface area contributed by atoms with Crippen molar-refractivity contribution < 1.29 is 4.39 Å². The maximum Gasteiger partial charge on any atom is 0.126 e. The van der Waals surface area contributed by atoms with Crippen LogP contribution in [0.2, 0.25) is 0 Å². The smallest absolute Gasteiger partial charge is 0.126 e. The molecule has 1 saturated carbocycles. The van der Waals surface area contributed by atoms with Gasteiger partial charge < -0.3 is 5.73 Å². The van der Waals surface area contributed by atoms with Crippen molar-refractivity contribution in [1.29, 1.82) is 5.26 Å². The average molecular weight is 308 g/mol. The minimum atomic E-state index is -0.644. The fourth-order valence-electron chi connectivity index (χ4n) is 3.06. The molecule has 0 bridgehead atoms. The van der Waals surface area contributed by atoms with Crippen molar-refractivity contribution in [2.24, 2.45) is 11.7 Å². The first kappa shape index (κ1) is 15.7. The predicted octanol–water partition coefficient (Wildman–Crippen LogP) is 4.40. The Hall–Kier alpha value is -2.18. The molecule has 0 aromatic heterocycles. The zero-order valence-corrected chi connectivity index (χ0v) is 13.3. The maximum atomic E-state index is 13.6. The lowest BCUT2D eigenvalue weighted by Crippen LogP contribution is -2.38. The van der Waals surface area contributed by atoms with E-state index < -0.39 is 5.54 Å². The Balaban J connectivity index is 2.00. The van der Waals surface area contributed by atoms with Crippen molar-refractivity contribution >= 4 is 0 Å². The van der Waals surface area contributed by atoms with E-state index in [0.29, 0.717) is 11.1 Å². The first-order valence-electron chi connectivity index (χ1n) is 8.09. The zero-order chi connectivity index (χ0) is 16.4. The number of nitrogens with two attached hydrogens (primary N) is 1. The Morgan fingerprint density at radius 3 is 2.39 bits per heavy atom. The Morgan fingerprint density at radius 2 is 1.83 bits per heavy atom. The molecule has 2 aromatic rings. The Bertz CT molecular complexity index is 741. The van der Waals surface area contributed by atoms with Gasteiger partial charge in [0, 0.05) is 0 Å². The number of nitrogens with zero attached hydrogens (tertiary/aromatic N) is 1. The summed E-state index contributed by atoms with van der Waals surface area (Å²) in [5, 5.41) is 8.98. The quantitative estimate of drug-likeness (QED) is 0.890. The highest BCUT2D eigenvalue weighted by Crippen LogP contribution is 2.40. The fraction of sp³-hybridized carbons (Fsp3) is 0.350. The molecule has 1 fully saturated rings. The summed E-state index contributed by atoms with van der Waals surface area (Å²) in [4.78, 5) is 0. The predicted molar refractivity (Wildman–Crippen MR) is 89.2 cm³/mol. The molecule has 23 heavy (non-hydrogen) atoms. The van der Waals surface area contributed by atoms with E-state index in [0.717, 1.165) is 29.9 Å². The van der Waals surface area contributed by atoms with Crippen LogP contribution < -0.4 is 5.73 Å². The SMILES string of the molecule is Cc1cc(C(N)(CCC2CC2)c2ccc(C#N)cc2)ccc1F. The molecule has 2 N–H and O–H groups in total. The minimum Gasteiger partial charge on any atom is -0.318 e. The lowest BCUT2D eigenvalue weighted by atomic mass is 9.79. The maximum absolute atomic E-state index is 13.6. The van der Waals surface area contributed by atoms with Gasteiger partial charge in [-0.1, -0.05) is 37.1 Å². The second-order valence-electron chi connectivity index (χ2n) is 6.61. The highest BCUT2D eigenvalue weighted by Gasteiger charge is 2.33. The van der Waals surface area contributed by atoms with Crippen molar-refractivity contribution in [3.05, 3.63) is 70.5 Å². The van der Waals surface area contributed by atoms with Gasteiger partial charge in [0.15, 0.2) is 0 Å². The van der Waals surface area contributed by atoms with Crippen LogP contribution in [0.15, 0.2) is 42.5 Å². The van der Waals surface area contributed by atoms with E-state index in [4.69, 9.17) is 11.0 Å². The van der Waals surface area contributed by atoms with Crippen LogP contribution in [-0.2, 0) is 5.54 Å². The molecule has 0 heterocycles. The number of hydrogen-bond acceptors (Lipinski definition) is 2. The normalized spacial score (nSPS) is 16.6. The highest BCUT2D eigenvalue weighted by atomic mass is 19.1. The van der Waals surface area contributed by atoms with Gasteiger partial charge in [0.25, 0.3) is 0 Å². The van der Waals surface area contributed by atoms with Crippen LogP contribution in [-0.4, -0.2) is 0 Å². The van der Waals surface area contributed by atoms with Gasteiger partial charge in [-0.3, -0.25) is 0 Å². The van der Waals surface area contributed by atoms with E-state index >= 15 is 0 Å². The van der Waals surface area contributed by atoms with Gasteiger partial charge in [-0.15, -0.1) is 0 Å². The van der Waals surface area contributed by atoms with Gasteiger partial charge in [0.1, 0.15) is 5.82 Å². The molecule has 1 aliphatic carbocycles. The van der Waals surface area contributed by atoms with E-state index in [2.05, 4.69) is 6.07 Å². The van der Waals surface area contributed by atoms with E-state index in [1.54, 1.807) is 25.1 Å². The molecule has 2 nitrogen and oxygen atoms in total. The summed E-state index contributed by atoms with van der Waals surface area (Å²) in [6.07, 6.45) is 4.47. The number of halogens is 1. The standard InChI is InChI=1S/C20H21FN2/c1-14-12-18(8-9-19(14)21)20(23,11-10-15-2-3-15)17-6-4-16(13-22)5-7-17/h4-9,12,15H,2-3,10-11,23H2,1H3. The van der Waals surface area contributed by atoms with Crippen LogP contribution in [0.3, 0.4) is 0 Å². The first-order chi connectivity index (χ1) is 11.0. The molecule has 1 atom stereocenters. The van der Waals surface area contributed by atoms with Crippen LogP contribution in [0.5, 0.6) is 0 Å². The van der Waals surface area contributed by atoms with Crippen molar-refractivity contribution in [2.75, 3.05) is 0 Å². The van der Waals surface area contributed by atoms with Crippen molar-refractivity contribution in [1.82, 2.24) is 0 Å². The molecule has 0 aliphatic heterocycles. The molecule has 3 rings (SSSR count). The van der Waals surface area contributed by atoms with E-state index in [-0.39, 0.29) is 5.82 Å². The Kier molecular flexibility index (Phi) is 4.19. The van der Waals surface area contributed by atoms with Gasteiger partial charge in [0.05, 0.1) is 17.2 Å². The van der Waals surface area contributed by atoms with Crippen molar-refractivity contribution in [2.45, 2.75) is 38.1 Å². The summed E-state index contributed by atoms with van der Waals surface area (Å²) in [7, 11) is 0. The van der Waals surface area contributed by atoms with Gasteiger partial charge in [-0.2, -0.15) is 5.26 Å². The lowest BCUT2D eigenvalue weighted by Gasteiger charge is -2.31. The molecule has 0 spiro atoms. The molecule has 118 valence electrons. The van der Waals surface area contributed by atoms with Crippen LogP contribution >= 0.6 is 0 Å². The lowest BCUT2D eigenvalue weighted by molar-refractivity contribution is 0.454. The van der Waals surface area contributed by atoms with Crippen LogP contribution in [0.1, 0.15) is 47.9 Å². The minimum absolute atomic E-state index is 0.210. The van der Waals surface area contributed by atoms with E-state index in [1.165, 1.54) is 18.9 Å². The van der Waals surface area contributed by atoms with Crippen LogP contribution in [0, 0.1) is 30.0 Å².